The topological polar surface area (TPSA) is 78.9 Å². The van der Waals surface area contributed by atoms with Gasteiger partial charge in [0, 0.05) is 23.9 Å². The number of methoxy groups -OCH3 is 3. The highest BCUT2D eigenvalue weighted by atomic mass is 31.2. The predicted octanol–water partition coefficient (Wildman–Crippen LogP) is 5.00. The number of benzene rings is 2. The highest BCUT2D eigenvalue weighted by Crippen LogP contribution is 2.55. The van der Waals surface area contributed by atoms with Crippen LogP contribution in [0.25, 0.3) is 0 Å². The van der Waals surface area contributed by atoms with E-state index in [2.05, 4.69) is 0 Å². The highest BCUT2D eigenvalue weighted by Gasteiger charge is 2.43. The van der Waals surface area contributed by atoms with Crippen LogP contribution in [0.4, 0.5) is 0 Å². The third-order valence-corrected chi connectivity index (χ3v) is 7.57. The van der Waals surface area contributed by atoms with Gasteiger partial charge in [0.2, 0.25) is 18.2 Å². The Morgan fingerprint density at radius 3 is 1.62 bits per heavy atom. The summed E-state index contributed by atoms with van der Waals surface area (Å²) in [4.78, 5) is 26.9. The average Bonchev–Trinajstić information content (AvgIpc) is 2.70. The predicted molar refractivity (Wildman–Crippen MR) is 114 cm³/mol. The molecule has 0 heterocycles. The third kappa shape index (κ3) is 4.08. The van der Waals surface area contributed by atoms with Crippen molar-refractivity contribution >= 4 is 18.2 Å². The molecule has 0 bridgehead atoms. The van der Waals surface area contributed by atoms with Crippen molar-refractivity contribution in [2.75, 3.05) is 27.5 Å². The van der Waals surface area contributed by atoms with E-state index in [1.165, 1.54) is 33.5 Å². The van der Waals surface area contributed by atoms with Crippen molar-refractivity contribution in [2.24, 2.45) is 0 Å². The van der Waals surface area contributed by atoms with Crippen LogP contribution in [0.5, 0.6) is 17.2 Å². The third-order valence-electron chi connectivity index (χ3n) is 4.92. The van der Waals surface area contributed by atoms with Crippen molar-refractivity contribution in [1.82, 2.24) is 0 Å². The fourth-order valence-corrected chi connectivity index (χ4v) is 5.53. The van der Waals surface area contributed by atoms with E-state index in [1.807, 2.05) is 19.1 Å². The summed E-state index contributed by atoms with van der Waals surface area (Å²) in [5, 5.41) is 0. The summed E-state index contributed by atoms with van der Waals surface area (Å²) >= 11 is 0. The molecule has 0 radical (unpaired) electrons. The molecule has 0 aliphatic heterocycles. The zero-order valence-electron chi connectivity index (χ0n) is 17.9. The van der Waals surface area contributed by atoms with Gasteiger partial charge in [-0.15, -0.1) is 0 Å². The molecular weight excluding hydrogens is 391 g/mol. The number of rotatable bonds is 8. The number of carbonyl (C=O) groups is 2. The van der Waals surface area contributed by atoms with Crippen molar-refractivity contribution in [2.45, 2.75) is 27.7 Å². The van der Waals surface area contributed by atoms with Gasteiger partial charge in [0.15, 0.2) is 0 Å². The van der Waals surface area contributed by atoms with Gasteiger partial charge in [0.1, 0.15) is 22.8 Å². The first kappa shape index (κ1) is 22.7. The Labute approximate surface area is 171 Å². The second-order valence-electron chi connectivity index (χ2n) is 6.85. The Hall–Kier alpha value is -2.59. The molecule has 0 N–H and O–H groups in total. The Balaban J connectivity index is 2.70. The summed E-state index contributed by atoms with van der Waals surface area (Å²) in [5.74, 6) is 0.702. The largest absolute Gasteiger partial charge is 0.496 e. The normalized spacial score (nSPS) is 12.8. The lowest BCUT2D eigenvalue weighted by molar-refractivity contribution is 0.103. The van der Waals surface area contributed by atoms with Crippen LogP contribution in [0, 0.1) is 20.8 Å². The number of hydrogen-bond acceptors (Lipinski definition) is 6. The van der Waals surface area contributed by atoms with Gasteiger partial charge in [-0.3, -0.25) is 9.59 Å². The molecule has 0 fully saturated rings. The zero-order chi connectivity index (χ0) is 21.9. The van der Waals surface area contributed by atoms with Gasteiger partial charge in [-0.05, 0) is 31.9 Å². The molecule has 1 unspecified atom stereocenters. The number of aryl methyl sites for hydroxylation is 3. The van der Waals surface area contributed by atoms with E-state index in [1.54, 1.807) is 20.8 Å². The second kappa shape index (κ2) is 8.83. The van der Waals surface area contributed by atoms with E-state index >= 15 is 0 Å². The molecule has 29 heavy (non-hydrogen) atoms. The van der Waals surface area contributed by atoms with Crippen molar-refractivity contribution in [3.05, 3.63) is 52.1 Å². The van der Waals surface area contributed by atoms with Crippen LogP contribution in [0.2, 0.25) is 0 Å². The standard InChI is InChI=1S/C22H27O6P/c1-8-29(25,21(23)19-14(3)9-13(2)10-15(19)4)22(24)20-17(27-6)11-16(26-5)12-18(20)28-7/h9-12H,8H2,1-7H3. The summed E-state index contributed by atoms with van der Waals surface area (Å²) < 4.78 is 29.7. The fraction of sp³-hybridized carbons (Fsp3) is 0.364. The zero-order valence-corrected chi connectivity index (χ0v) is 18.8. The molecule has 2 rings (SSSR count). The van der Waals surface area contributed by atoms with E-state index in [0.29, 0.717) is 22.4 Å². The average molecular weight is 418 g/mol. The molecule has 0 aromatic heterocycles. The molecule has 7 heteroatoms. The molecule has 0 saturated carbocycles. The minimum Gasteiger partial charge on any atom is -0.496 e. The van der Waals surface area contributed by atoms with Gasteiger partial charge >= 0.3 is 0 Å². The summed E-state index contributed by atoms with van der Waals surface area (Å²) in [6, 6.07) is 6.70. The van der Waals surface area contributed by atoms with Gasteiger partial charge in [-0.25, -0.2) is 0 Å². The second-order valence-corrected chi connectivity index (χ2v) is 9.77. The van der Waals surface area contributed by atoms with E-state index in [0.717, 1.165) is 5.56 Å². The molecule has 2 aromatic rings. The molecule has 2 aromatic carbocycles. The number of carbonyl (C=O) groups excluding carboxylic acids is 2. The highest BCUT2D eigenvalue weighted by molar-refractivity contribution is 7.95. The monoisotopic (exact) mass is 418 g/mol. The van der Waals surface area contributed by atoms with E-state index < -0.39 is 18.2 Å². The van der Waals surface area contributed by atoms with Crippen LogP contribution < -0.4 is 14.2 Å². The Kier molecular flexibility index (Phi) is 6.91. The SMILES string of the molecule is CCP(=O)(C(=O)c1c(C)cc(C)cc1C)C(=O)c1c(OC)cc(OC)cc1OC. The van der Waals surface area contributed by atoms with Crippen molar-refractivity contribution in [1.29, 1.82) is 0 Å². The Morgan fingerprint density at radius 2 is 1.24 bits per heavy atom. The number of hydrogen-bond donors (Lipinski definition) is 0. The van der Waals surface area contributed by atoms with Crippen LogP contribution in [0.15, 0.2) is 24.3 Å². The van der Waals surface area contributed by atoms with Crippen LogP contribution in [-0.4, -0.2) is 38.5 Å². The summed E-state index contributed by atoms with van der Waals surface area (Å²) in [6.45, 7) is 7.07. The van der Waals surface area contributed by atoms with Gasteiger partial charge < -0.3 is 18.8 Å². The molecule has 156 valence electrons. The molecular formula is C22H27O6P. The first-order valence-electron chi connectivity index (χ1n) is 9.21. The van der Waals surface area contributed by atoms with Crippen molar-refractivity contribution in [3.63, 3.8) is 0 Å². The summed E-state index contributed by atoms with van der Waals surface area (Å²) in [7, 11) is 0.268. The smallest absolute Gasteiger partial charge is 0.236 e. The fourth-order valence-electron chi connectivity index (χ4n) is 3.47. The molecule has 0 aliphatic carbocycles. The lowest BCUT2D eigenvalue weighted by atomic mass is 10.0. The van der Waals surface area contributed by atoms with Gasteiger partial charge in [0.05, 0.1) is 21.3 Å². The lowest BCUT2D eigenvalue weighted by Crippen LogP contribution is -2.16. The van der Waals surface area contributed by atoms with E-state index in [4.69, 9.17) is 14.2 Å². The maximum absolute atomic E-state index is 13.8. The molecule has 0 saturated heterocycles. The van der Waals surface area contributed by atoms with Gasteiger partial charge in [-0.1, -0.05) is 24.6 Å². The van der Waals surface area contributed by atoms with Crippen molar-refractivity contribution < 1.29 is 28.4 Å². The molecule has 0 spiro atoms. The molecule has 0 amide bonds. The maximum Gasteiger partial charge on any atom is 0.236 e. The van der Waals surface area contributed by atoms with Crippen LogP contribution >= 0.6 is 7.14 Å². The van der Waals surface area contributed by atoms with Gasteiger partial charge in [-0.2, -0.15) is 0 Å². The van der Waals surface area contributed by atoms with Crippen LogP contribution in [0.1, 0.15) is 44.3 Å². The number of ether oxygens (including phenoxy) is 3. The first-order valence-corrected chi connectivity index (χ1v) is 11.1. The van der Waals surface area contributed by atoms with Crippen LogP contribution in [0.3, 0.4) is 0 Å². The minimum absolute atomic E-state index is 0.0169. The quantitative estimate of drug-likeness (QED) is 0.561. The maximum atomic E-state index is 13.8. The lowest BCUT2D eigenvalue weighted by Gasteiger charge is -2.20. The molecule has 6 nitrogen and oxygen atoms in total. The first-order chi connectivity index (χ1) is 13.6. The van der Waals surface area contributed by atoms with E-state index in [9.17, 15) is 14.2 Å². The van der Waals surface area contributed by atoms with Gasteiger partial charge in [0.25, 0.3) is 0 Å². The Bertz CT molecular complexity index is 960. The van der Waals surface area contributed by atoms with Crippen LogP contribution in [-0.2, 0) is 4.57 Å². The summed E-state index contributed by atoms with van der Waals surface area (Å²) in [6.07, 6.45) is -0.101. The Morgan fingerprint density at radius 1 is 0.793 bits per heavy atom. The van der Waals surface area contributed by atoms with Crippen molar-refractivity contribution in [3.8, 4) is 17.2 Å². The minimum atomic E-state index is -3.98. The summed E-state index contributed by atoms with van der Waals surface area (Å²) in [5.41, 5.74) is 1.29. The molecule has 1 atom stereocenters. The van der Waals surface area contributed by atoms with E-state index in [-0.39, 0.29) is 23.2 Å². The molecule has 0 aliphatic rings.